The van der Waals surface area contributed by atoms with Crippen molar-refractivity contribution >= 4 is 32.2 Å². The molecular weight excluding hydrogens is 490 g/mol. The summed E-state index contributed by atoms with van der Waals surface area (Å²) in [6.45, 7) is 3.84. The van der Waals surface area contributed by atoms with E-state index < -0.39 is 23.3 Å². The maximum Gasteiger partial charge on any atom is 0.262 e. The number of carbonyl (C=O) groups excluding carboxylic acids is 2. The Kier molecular flexibility index (Phi) is 6.20. The quantitative estimate of drug-likeness (QED) is 0.388. The van der Waals surface area contributed by atoms with Crippen molar-refractivity contribution in [1.82, 2.24) is 4.90 Å². The number of nitriles is 2. The average molecular weight is 510 g/mol. The number of benzene rings is 3. The molecule has 0 fully saturated rings. The third-order valence-electron chi connectivity index (χ3n) is 5.92. The molecule has 166 valence electrons. The zero-order chi connectivity index (χ0) is 24.5. The minimum Gasteiger partial charge on any atom is -0.269 e. The van der Waals surface area contributed by atoms with Gasteiger partial charge >= 0.3 is 0 Å². The molecule has 1 unspecified atom stereocenters. The third-order valence-corrected chi connectivity index (χ3v) is 6.61. The predicted molar refractivity (Wildman–Crippen MR) is 133 cm³/mol. The van der Waals surface area contributed by atoms with Crippen LogP contribution in [0.5, 0.6) is 0 Å². The number of fused-ring (bicyclic) bond motifs is 1. The van der Waals surface area contributed by atoms with Crippen molar-refractivity contribution in [2.75, 3.05) is 0 Å². The van der Waals surface area contributed by atoms with E-state index in [2.05, 4.69) is 28.1 Å². The fourth-order valence-corrected chi connectivity index (χ4v) is 4.81. The number of aryl methyl sites for hydroxylation is 2. The van der Waals surface area contributed by atoms with Gasteiger partial charge in [0.15, 0.2) is 5.41 Å². The van der Waals surface area contributed by atoms with Crippen molar-refractivity contribution in [2.24, 2.45) is 5.41 Å². The molecule has 0 aromatic heterocycles. The molecule has 1 aliphatic heterocycles. The SMILES string of the molecule is Cc1ccc(/C(Br)=C\C(C#N)(C#N)C(c2cccc(C)c2)N2C(=O)c3ccccc3C2=O)cc1. The van der Waals surface area contributed by atoms with E-state index in [4.69, 9.17) is 0 Å². The molecule has 34 heavy (non-hydrogen) atoms. The number of rotatable bonds is 5. The Morgan fingerprint density at radius 2 is 1.47 bits per heavy atom. The summed E-state index contributed by atoms with van der Waals surface area (Å²) in [6.07, 6.45) is 1.49. The van der Waals surface area contributed by atoms with Crippen LogP contribution in [0.1, 0.15) is 49.0 Å². The van der Waals surface area contributed by atoms with Gasteiger partial charge in [-0.1, -0.05) is 87.7 Å². The lowest BCUT2D eigenvalue weighted by molar-refractivity contribution is 0.0534. The van der Waals surface area contributed by atoms with E-state index in [0.29, 0.717) is 10.0 Å². The van der Waals surface area contributed by atoms with Crippen molar-refractivity contribution in [3.8, 4) is 12.1 Å². The van der Waals surface area contributed by atoms with Crippen molar-refractivity contribution < 1.29 is 9.59 Å². The van der Waals surface area contributed by atoms with Crippen molar-refractivity contribution in [3.05, 3.63) is 112 Å². The first-order chi connectivity index (χ1) is 16.3. The zero-order valence-electron chi connectivity index (χ0n) is 18.6. The van der Waals surface area contributed by atoms with Gasteiger partial charge in [-0.15, -0.1) is 0 Å². The normalized spacial score (nSPS) is 14.4. The molecule has 0 saturated carbocycles. The van der Waals surface area contributed by atoms with E-state index in [1.54, 1.807) is 42.5 Å². The molecule has 0 saturated heterocycles. The van der Waals surface area contributed by atoms with E-state index in [9.17, 15) is 20.1 Å². The molecule has 2 amide bonds. The van der Waals surface area contributed by atoms with Gasteiger partial charge < -0.3 is 0 Å². The van der Waals surface area contributed by atoms with E-state index in [-0.39, 0.29) is 11.1 Å². The van der Waals surface area contributed by atoms with Crippen LogP contribution in [-0.2, 0) is 0 Å². The van der Waals surface area contributed by atoms with Crippen molar-refractivity contribution in [3.63, 3.8) is 0 Å². The summed E-state index contributed by atoms with van der Waals surface area (Å²) >= 11 is 3.52. The minimum atomic E-state index is -1.86. The molecule has 0 N–H and O–H groups in total. The fourth-order valence-electron chi connectivity index (χ4n) is 4.18. The number of imide groups is 1. The summed E-state index contributed by atoms with van der Waals surface area (Å²) in [6, 6.07) is 24.4. The highest BCUT2D eigenvalue weighted by Crippen LogP contribution is 2.45. The van der Waals surface area contributed by atoms with Crippen LogP contribution in [0.3, 0.4) is 0 Å². The Morgan fingerprint density at radius 1 is 0.882 bits per heavy atom. The lowest BCUT2D eigenvalue weighted by atomic mass is 9.77. The molecule has 3 aromatic carbocycles. The van der Waals surface area contributed by atoms with Crippen molar-refractivity contribution in [1.29, 1.82) is 10.5 Å². The highest BCUT2D eigenvalue weighted by atomic mass is 79.9. The van der Waals surface area contributed by atoms with E-state index in [1.165, 1.54) is 6.08 Å². The van der Waals surface area contributed by atoms with Crippen LogP contribution in [-0.4, -0.2) is 16.7 Å². The van der Waals surface area contributed by atoms with Gasteiger partial charge in [0.05, 0.1) is 23.3 Å². The fraction of sp³-hybridized carbons (Fsp3) is 0.143. The second kappa shape index (κ2) is 9.09. The standard InChI is InChI=1S/C28H20BrN3O2/c1-18-10-12-20(13-11-18)24(29)15-28(16-30,17-31)25(21-7-5-6-19(2)14-21)32-26(33)22-8-3-4-9-23(22)27(32)34/h3-15,25H,1-2H3/b24-15+. The molecular formula is C28H20BrN3O2. The minimum absolute atomic E-state index is 0.261. The van der Waals surface area contributed by atoms with Crippen LogP contribution in [0, 0.1) is 41.9 Å². The molecule has 1 aliphatic rings. The molecule has 0 aliphatic carbocycles. The summed E-state index contributed by atoms with van der Waals surface area (Å²) in [5, 5.41) is 20.8. The molecule has 4 rings (SSSR count). The van der Waals surface area contributed by atoms with Gasteiger partial charge in [-0.25, -0.2) is 0 Å². The predicted octanol–water partition coefficient (Wildman–Crippen LogP) is 6.11. The van der Waals surface area contributed by atoms with Gasteiger partial charge in [-0.2, -0.15) is 10.5 Å². The number of nitrogens with zero attached hydrogens (tertiary/aromatic N) is 3. The first kappa shape index (κ1) is 23.2. The summed E-state index contributed by atoms with van der Waals surface area (Å²) in [7, 11) is 0. The maximum atomic E-state index is 13.4. The Balaban J connectivity index is 1.94. The second-order valence-electron chi connectivity index (χ2n) is 8.29. The van der Waals surface area contributed by atoms with Gasteiger partial charge in [-0.3, -0.25) is 14.5 Å². The lowest BCUT2D eigenvalue weighted by Gasteiger charge is -2.34. The first-order valence-corrected chi connectivity index (χ1v) is 11.4. The van der Waals surface area contributed by atoms with Crippen LogP contribution in [0.15, 0.2) is 78.9 Å². The highest BCUT2D eigenvalue weighted by molar-refractivity contribution is 9.15. The van der Waals surface area contributed by atoms with Crippen LogP contribution < -0.4 is 0 Å². The van der Waals surface area contributed by atoms with Gasteiger partial charge in [0.25, 0.3) is 11.8 Å². The van der Waals surface area contributed by atoms with Gasteiger partial charge in [0, 0.05) is 4.48 Å². The summed E-state index contributed by atoms with van der Waals surface area (Å²) < 4.78 is 0.518. The van der Waals surface area contributed by atoms with Crippen molar-refractivity contribution in [2.45, 2.75) is 19.9 Å². The molecule has 3 aromatic rings. The Morgan fingerprint density at radius 3 is 2.00 bits per heavy atom. The number of hydrogen-bond donors (Lipinski definition) is 0. The lowest BCUT2D eigenvalue weighted by Crippen LogP contribution is -2.42. The molecule has 0 bridgehead atoms. The third kappa shape index (κ3) is 3.94. The largest absolute Gasteiger partial charge is 0.269 e. The summed E-state index contributed by atoms with van der Waals surface area (Å²) in [5.41, 5.74) is 1.91. The van der Waals surface area contributed by atoms with Crippen LogP contribution in [0.25, 0.3) is 4.48 Å². The second-order valence-corrected chi connectivity index (χ2v) is 9.15. The van der Waals surface area contributed by atoms with Gasteiger partial charge in [-0.05, 0) is 43.2 Å². The molecule has 5 nitrogen and oxygen atoms in total. The summed E-state index contributed by atoms with van der Waals surface area (Å²) in [5.74, 6) is -1.05. The highest BCUT2D eigenvalue weighted by Gasteiger charge is 2.50. The van der Waals surface area contributed by atoms with Gasteiger partial charge in [0.2, 0.25) is 0 Å². The molecule has 1 heterocycles. The Labute approximate surface area is 206 Å². The maximum absolute atomic E-state index is 13.4. The average Bonchev–Trinajstić information content (AvgIpc) is 3.09. The van der Waals surface area contributed by atoms with Crippen LogP contribution >= 0.6 is 15.9 Å². The number of hydrogen-bond acceptors (Lipinski definition) is 4. The number of halogens is 1. The zero-order valence-corrected chi connectivity index (χ0v) is 20.2. The van der Waals surface area contributed by atoms with Crippen LogP contribution in [0.4, 0.5) is 0 Å². The Hall–Kier alpha value is -4.00. The summed E-state index contributed by atoms with van der Waals surface area (Å²) in [4.78, 5) is 27.9. The number of amides is 2. The molecule has 6 heteroatoms. The molecule has 1 atom stereocenters. The van der Waals surface area contributed by atoms with E-state index in [1.807, 2.05) is 44.2 Å². The smallest absolute Gasteiger partial charge is 0.262 e. The Bertz CT molecular complexity index is 1360. The van der Waals surface area contributed by atoms with E-state index in [0.717, 1.165) is 21.6 Å². The van der Waals surface area contributed by atoms with Gasteiger partial charge in [0.1, 0.15) is 6.04 Å². The topological polar surface area (TPSA) is 85.0 Å². The van der Waals surface area contributed by atoms with E-state index >= 15 is 0 Å². The van der Waals surface area contributed by atoms with Crippen LogP contribution in [0.2, 0.25) is 0 Å². The molecule has 0 spiro atoms. The number of carbonyl (C=O) groups is 2. The first-order valence-electron chi connectivity index (χ1n) is 10.6. The monoisotopic (exact) mass is 509 g/mol. The molecule has 0 radical (unpaired) electrons.